The van der Waals surface area contributed by atoms with Gasteiger partial charge >= 0.3 is 0 Å². The number of aromatic nitrogens is 1. The van der Waals surface area contributed by atoms with E-state index in [2.05, 4.69) is 53.9 Å². The number of hydrogen-bond acceptors (Lipinski definition) is 6. The molecule has 0 spiro atoms. The number of pyridine rings is 1. The minimum absolute atomic E-state index is 0.159. The summed E-state index contributed by atoms with van der Waals surface area (Å²) in [7, 11) is 4.17. The summed E-state index contributed by atoms with van der Waals surface area (Å²) < 4.78 is 0. The van der Waals surface area contributed by atoms with E-state index >= 15 is 0 Å². The van der Waals surface area contributed by atoms with Gasteiger partial charge < -0.3 is 15.5 Å². The predicted molar refractivity (Wildman–Crippen MR) is 144 cm³/mol. The number of para-hydroxylation sites is 1. The third-order valence-corrected chi connectivity index (χ3v) is 7.02. The van der Waals surface area contributed by atoms with Crippen LogP contribution in [-0.2, 0) is 6.42 Å². The minimum atomic E-state index is -0.349. The van der Waals surface area contributed by atoms with Gasteiger partial charge in [0.2, 0.25) is 0 Å². The summed E-state index contributed by atoms with van der Waals surface area (Å²) in [4.78, 5) is 17.4. The van der Waals surface area contributed by atoms with Gasteiger partial charge in [0, 0.05) is 49.4 Å². The molecule has 0 aliphatic heterocycles. The molecule has 4 rings (SSSR count). The maximum absolute atomic E-state index is 10.7. The van der Waals surface area contributed by atoms with Crippen LogP contribution in [0.15, 0.2) is 54.6 Å². The van der Waals surface area contributed by atoms with E-state index in [-0.39, 0.29) is 10.6 Å². The maximum atomic E-state index is 10.7. The Hall–Kier alpha value is -3.19. The van der Waals surface area contributed by atoms with Crippen LogP contribution in [-0.4, -0.2) is 43.1 Å². The summed E-state index contributed by atoms with van der Waals surface area (Å²) >= 11 is 0. The number of rotatable bonds is 11. The van der Waals surface area contributed by atoms with Crippen LogP contribution < -0.4 is 15.5 Å². The molecular formula is C28H37N5O2. The standard InChI is InChI=1S/C28H37N5O2/c1-32(2)27-19-28(31-26-9-4-3-8-25(26)27)30-23-14-10-22(11-15-23)20-29-18-6-5-7-21-12-16-24(17-13-21)33(34)35/h3-4,8-9,12-13,16-17,19,22-23,29H,5-7,10-11,14-15,18,20H2,1-2H3,(H,30,31)/t22-,23+. The normalized spacial score (nSPS) is 17.9. The van der Waals surface area contributed by atoms with E-state index in [0.717, 1.165) is 49.6 Å². The maximum Gasteiger partial charge on any atom is 0.269 e. The summed E-state index contributed by atoms with van der Waals surface area (Å²) in [6.07, 6.45) is 8.01. The van der Waals surface area contributed by atoms with Crippen molar-refractivity contribution in [1.82, 2.24) is 10.3 Å². The van der Waals surface area contributed by atoms with Gasteiger partial charge in [-0.25, -0.2) is 4.98 Å². The lowest BCUT2D eigenvalue weighted by Crippen LogP contribution is -2.31. The smallest absolute Gasteiger partial charge is 0.269 e. The summed E-state index contributed by atoms with van der Waals surface area (Å²) in [5.74, 6) is 1.71. The van der Waals surface area contributed by atoms with Gasteiger partial charge in [-0.15, -0.1) is 0 Å². The topological polar surface area (TPSA) is 83.3 Å². The molecule has 0 radical (unpaired) electrons. The number of aryl methyl sites for hydroxylation is 1. The molecule has 35 heavy (non-hydrogen) atoms. The summed E-state index contributed by atoms with van der Waals surface area (Å²) in [6, 6.07) is 17.9. The molecule has 2 N–H and O–H groups in total. The molecule has 2 aromatic carbocycles. The second-order valence-electron chi connectivity index (χ2n) is 9.88. The molecule has 1 aliphatic carbocycles. The van der Waals surface area contributed by atoms with Crippen LogP contribution in [0.3, 0.4) is 0 Å². The van der Waals surface area contributed by atoms with Crippen LogP contribution in [0.5, 0.6) is 0 Å². The molecule has 1 saturated carbocycles. The molecule has 7 nitrogen and oxygen atoms in total. The van der Waals surface area contributed by atoms with Crippen molar-refractivity contribution in [3.8, 4) is 0 Å². The molecule has 1 aromatic heterocycles. The molecule has 7 heteroatoms. The summed E-state index contributed by atoms with van der Waals surface area (Å²) in [6.45, 7) is 2.11. The third-order valence-electron chi connectivity index (χ3n) is 7.02. The molecule has 1 heterocycles. The van der Waals surface area contributed by atoms with Crippen LogP contribution in [0.25, 0.3) is 10.9 Å². The van der Waals surface area contributed by atoms with Gasteiger partial charge in [-0.05, 0) is 75.6 Å². The molecule has 1 fully saturated rings. The fourth-order valence-corrected chi connectivity index (χ4v) is 4.99. The molecule has 3 aromatic rings. The fraction of sp³-hybridized carbons (Fsp3) is 0.464. The van der Waals surface area contributed by atoms with Crippen LogP contribution >= 0.6 is 0 Å². The van der Waals surface area contributed by atoms with Crippen molar-refractivity contribution >= 4 is 28.1 Å². The van der Waals surface area contributed by atoms with Gasteiger partial charge in [0.15, 0.2) is 0 Å². The van der Waals surface area contributed by atoms with E-state index in [0.29, 0.717) is 6.04 Å². The van der Waals surface area contributed by atoms with Crippen LogP contribution in [0, 0.1) is 16.0 Å². The summed E-state index contributed by atoms with van der Waals surface area (Å²) in [5.41, 5.74) is 3.56. The highest BCUT2D eigenvalue weighted by Crippen LogP contribution is 2.30. The van der Waals surface area contributed by atoms with E-state index in [1.165, 1.54) is 42.3 Å². The van der Waals surface area contributed by atoms with Crippen molar-refractivity contribution in [2.75, 3.05) is 37.4 Å². The molecule has 0 bridgehead atoms. The molecular weight excluding hydrogens is 438 g/mol. The number of nitrogens with zero attached hydrogens (tertiary/aromatic N) is 3. The lowest BCUT2D eigenvalue weighted by Gasteiger charge is -2.30. The monoisotopic (exact) mass is 475 g/mol. The second kappa shape index (κ2) is 12.0. The number of nitro groups is 1. The zero-order valence-electron chi connectivity index (χ0n) is 20.9. The number of benzene rings is 2. The van der Waals surface area contributed by atoms with Crippen molar-refractivity contribution < 1.29 is 4.92 Å². The number of hydrogen-bond donors (Lipinski definition) is 2. The highest BCUT2D eigenvalue weighted by Gasteiger charge is 2.21. The Morgan fingerprint density at radius 2 is 1.77 bits per heavy atom. The van der Waals surface area contributed by atoms with E-state index in [9.17, 15) is 10.1 Å². The highest BCUT2D eigenvalue weighted by atomic mass is 16.6. The molecule has 0 saturated heterocycles. The Kier molecular flexibility index (Phi) is 8.53. The average molecular weight is 476 g/mol. The van der Waals surface area contributed by atoms with Crippen LogP contribution in [0.1, 0.15) is 44.1 Å². The number of nitrogens with one attached hydrogen (secondary N) is 2. The van der Waals surface area contributed by atoms with Crippen molar-refractivity contribution in [2.24, 2.45) is 5.92 Å². The lowest BCUT2D eigenvalue weighted by atomic mass is 9.86. The van der Waals surface area contributed by atoms with Crippen molar-refractivity contribution in [2.45, 2.75) is 51.0 Å². The van der Waals surface area contributed by atoms with Crippen LogP contribution in [0.4, 0.5) is 17.2 Å². The van der Waals surface area contributed by atoms with Crippen molar-refractivity contribution in [3.63, 3.8) is 0 Å². The predicted octanol–water partition coefficient (Wildman–Crippen LogP) is 5.79. The minimum Gasteiger partial charge on any atom is -0.377 e. The van der Waals surface area contributed by atoms with Crippen LogP contribution in [0.2, 0.25) is 0 Å². The van der Waals surface area contributed by atoms with E-state index < -0.39 is 0 Å². The Labute approximate surface area is 208 Å². The summed E-state index contributed by atoms with van der Waals surface area (Å²) in [5, 5.41) is 19.3. The number of nitro benzene ring substituents is 1. The third kappa shape index (κ3) is 6.92. The van der Waals surface area contributed by atoms with E-state index in [4.69, 9.17) is 4.98 Å². The van der Waals surface area contributed by atoms with Gasteiger partial charge in [0.05, 0.1) is 10.4 Å². The first kappa shape index (κ1) is 24.9. The zero-order chi connectivity index (χ0) is 24.6. The number of non-ortho nitro benzene ring substituents is 1. The number of unbranched alkanes of at least 4 members (excludes halogenated alkanes) is 1. The van der Waals surface area contributed by atoms with Crippen molar-refractivity contribution in [1.29, 1.82) is 0 Å². The molecule has 0 amide bonds. The second-order valence-corrected chi connectivity index (χ2v) is 9.88. The van der Waals surface area contributed by atoms with E-state index in [1.807, 2.05) is 18.2 Å². The van der Waals surface area contributed by atoms with Gasteiger partial charge in [-0.2, -0.15) is 0 Å². The zero-order valence-corrected chi connectivity index (χ0v) is 20.9. The van der Waals surface area contributed by atoms with Gasteiger partial charge in [0.1, 0.15) is 5.82 Å². The van der Waals surface area contributed by atoms with Gasteiger partial charge in [0.25, 0.3) is 5.69 Å². The molecule has 1 aliphatic rings. The van der Waals surface area contributed by atoms with Crippen molar-refractivity contribution in [3.05, 3.63) is 70.3 Å². The Balaban J connectivity index is 1.14. The highest BCUT2D eigenvalue weighted by molar-refractivity contribution is 5.93. The van der Waals surface area contributed by atoms with Gasteiger partial charge in [-0.3, -0.25) is 10.1 Å². The molecule has 0 atom stereocenters. The Morgan fingerprint density at radius 1 is 1.03 bits per heavy atom. The Morgan fingerprint density at radius 3 is 2.49 bits per heavy atom. The van der Waals surface area contributed by atoms with Gasteiger partial charge in [-0.1, -0.05) is 30.3 Å². The van der Waals surface area contributed by atoms with E-state index in [1.54, 1.807) is 12.1 Å². The fourth-order valence-electron chi connectivity index (χ4n) is 4.99. The quantitative estimate of drug-likeness (QED) is 0.207. The first-order chi connectivity index (χ1) is 17.0. The molecule has 0 unspecified atom stereocenters. The number of fused-ring (bicyclic) bond motifs is 1. The average Bonchev–Trinajstić information content (AvgIpc) is 2.86. The first-order valence-corrected chi connectivity index (χ1v) is 12.8. The lowest BCUT2D eigenvalue weighted by molar-refractivity contribution is -0.384. The SMILES string of the molecule is CN(C)c1cc(N[C@H]2CC[C@@H](CNCCCCc3ccc([N+](=O)[O-])cc3)CC2)nc2ccccc12. The number of anilines is 2. The Bertz CT molecular complexity index is 1110. The molecule has 186 valence electrons. The first-order valence-electron chi connectivity index (χ1n) is 12.8. The largest absolute Gasteiger partial charge is 0.377 e.